The zero-order valence-electron chi connectivity index (χ0n) is 10.7. The van der Waals surface area contributed by atoms with E-state index >= 15 is 0 Å². The first-order valence-electron chi connectivity index (χ1n) is 6.25. The van der Waals surface area contributed by atoms with E-state index in [1.807, 2.05) is 19.1 Å². The number of aryl methyl sites for hydroxylation is 1. The second-order valence-electron chi connectivity index (χ2n) is 4.45. The lowest BCUT2D eigenvalue weighted by Crippen LogP contribution is -2.17. The number of hydrogen-bond donors (Lipinski definition) is 1. The molecule has 1 heterocycles. The summed E-state index contributed by atoms with van der Waals surface area (Å²) in [5.74, 6) is -0.283. The van der Waals surface area contributed by atoms with Crippen LogP contribution in [0.25, 0.3) is 0 Å². The second-order valence-corrected chi connectivity index (χ2v) is 4.88. The molecule has 2 N–H and O–H groups in total. The van der Waals surface area contributed by atoms with Crippen LogP contribution in [0.5, 0.6) is 0 Å². The summed E-state index contributed by atoms with van der Waals surface area (Å²) in [4.78, 5) is 4.32. The molecule has 1 aromatic heterocycles. The number of pyridine rings is 1. The molecule has 2 rings (SSSR count). The van der Waals surface area contributed by atoms with Crippen LogP contribution in [0, 0.1) is 5.82 Å². The Balaban J connectivity index is 2.25. The molecule has 2 nitrogen and oxygen atoms in total. The van der Waals surface area contributed by atoms with Crippen LogP contribution in [0.15, 0.2) is 36.5 Å². The highest BCUT2D eigenvalue weighted by atomic mass is 35.5. The topological polar surface area (TPSA) is 38.9 Å². The predicted molar refractivity (Wildman–Crippen MR) is 75.7 cm³/mol. The van der Waals surface area contributed by atoms with Crippen molar-refractivity contribution in [2.45, 2.75) is 25.8 Å². The summed E-state index contributed by atoms with van der Waals surface area (Å²) in [6.07, 6.45) is 2.95. The van der Waals surface area contributed by atoms with Gasteiger partial charge in [-0.3, -0.25) is 4.98 Å². The summed E-state index contributed by atoms with van der Waals surface area (Å²) in [6, 6.07) is 8.06. The number of nitrogens with two attached hydrogens (primary N) is 1. The molecule has 0 aliphatic carbocycles. The van der Waals surface area contributed by atoms with E-state index in [0.717, 1.165) is 17.7 Å². The van der Waals surface area contributed by atoms with E-state index in [-0.39, 0.29) is 11.9 Å². The van der Waals surface area contributed by atoms with E-state index in [0.29, 0.717) is 17.0 Å². The van der Waals surface area contributed by atoms with Crippen LogP contribution in [0.4, 0.5) is 4.39 Å². The maximum absolute atomic E-state index is 13.7. The smallest absolute Gasteiger partial charge is 0.126 e. The van der Waals surface area contributed by atoms with Gasteiger partial charge in [0.05, 0.1) is 11.7 Å². The summed E-state index contributed by atoms with van der Waals surface area (Å²) < 4.78 is 13.7. The Kier molecular flexibility index (Phi) is 4.51. The van der Waals surface area contributed by atoms with Crippen molar-refractivity contribution in [3.63, 3.8) is 0 Å². The molecule has 2 aromatic rings. The fourth-order valence-electron chi connectivity index (χ4n) is 2.12. The number of rotatable bonds is 4. The minimum Gasteiger partial charge on any atom is -0.322 e. The molecule has 0 fully saturated rings. The van der Waals surface area contributed by atoms with Crippen molar-refractivity contribution in [2.75, 3.05) is 0 Å². The van der Waals surface area contributed by atoms with Crippen LogP contribution < -0.4 is 5.73 Å². The molecule has 0 radical (unpaired) electrons. The Morgan fingerprint density at radius 1 is 1.32 bits per heavy atom. The van der Waals surface area contributed by atoms with Crippen LogP contribution in [0.3, 0.4) is 0 Å². The molecule has 1 aromatic carbocycles. The Morgan fingerprint density at radius 3 is 2.84 bits per heavy atom. The summed E-state index contributed by atoms with van der Waals surface area (Å²) in [7, 11) is 0. The average Bonchev–Trinajstić information content (AvgIpc) is 2.42. The molecule has 4 heteroatoms. The lowest BCUT2D eigenvalue weighted by molar-refractivity contribution is 0.588. The zero-order chi connectivity index (χ0) is 13.8. The van der Waals surface area contributed by atoms with Crippen molar-refractivity contribution < 1.29 is 4.39 Å². The molecule has 0 spiro atoms. The normalized spacial score (nSPS) is 12.4. The Morgan fingerprint density at radius 2 is 2.11 bits per heavy atom. The lowest BCUT2D eigenvalue weighted by atomic mass is 9.99. The molecule has 0 aliphatic rings. The highest BCUT2D eigenvalue weighted by Gasteiger charge is 2.14. The van der Waals surface area contributed by atoms with Crippen molar-refractivity contribution in [1.29, 1.82) is 0 Å². The average molecular weight is 279 g/mol. The van der Waals surface area contributed by atoms with Gasteiger partial charge in [-0.1, -0.05) is 24.6 Å². The Labute approximate surface area is 117 Å². The SMILES string of the molecule is CCc1cccnc1C(N)Cc1cc(Cl)ccc1F. The summed E-state index contributed by atoms with van der Waals surface area (Å²) in [6.45, 7) is 2.05. The Hall–Kier alpha value is -1.45. The summed E-state index contributed by atoms with van der Waals surface area (Å²) in [5.41, 5.74) is 8.59. The van der Waals surface area contributed by atoms with Gasteiger partial charge in [-0.05, 0) is 48.2 Å². The van der Waals surface area contributed by atoms with Crippen LogP contribution in [-0.4, -0.2) is 4.98 Å². The fourth-order valence-corrected chi connectivity index (χ4v) is 2.31. The quantitative estimate of drug-likeness (QED) is 0.927. The number of benzene rings is 1. The highest BCUT2D eigenvalue weighted by molar-refractivity contribution is 6.30. The maximum atomic E-state index is 13.7. The fraction of sp³-hybridized carbons (Fsp3) is 0.267. The van der Waals surface area contributed by atoms with Gasteiger partial charge >= 0.3 is 0 Å². The molecule has 0 bridgehead atoms. The second kappa shape index (κ2) is 6.13. The molecule has 0 saturated carbocycles. The first-order chi connectivity index (χ1) is 9.11. The number of hydrogen-bond acceptors (Lipinski definition) is 2. The van der Waals surface area contributed by atoms with Crippen molar-refractivity contribution >= 4 is 11.6 Å². The standard InChI is InChI=1S/C15H16ClFN2/c1-2-10-4-3-7-19-15(10)14(18)9-11-8-12(16)5-6-13(11)17/h3-8,14H,2,9,18H2,1H3. The van der Waals surface area contributed by atoms with E-state index in [9.17, 15) is 4.39 Å². The molecular weight excluding hydrogens is 263 g/mol. The first kappa shape index (κ1) is 14.0. The van der Waals surface area contributed by atoms with Gasteiger partial charge < -0.3 is 5.73 Å². The van der Waals surface area contributed by atoms with Gasteiger partial charge in [-0.15, -0.1) is 0 Å². The zero-order valence-corrected chi connectivity index (χ0v) is 11.5. The predicted octanol–water partition coefficient (Wildman–Crippen LogP) is 3.68. The molecule has 0 amide bonds. The molecular formula is C15H16ClFN2. The molecule has 100 valence electrons. The van der Waals surface area contributed by atoms with E-state index in [1.165, 1.54) is 12.1 Å². The van der Waals surface area contributed by atoms with Gasteiger partial charge in [-0.25, -0.2) is 4.39 Å². The third-order valence-electron chi connectivity index (χ3n) is 3.11. The molecule has 0 saturated heterocycles. The van der Waals surface area contributed by atoms with Gasteiger partial charge in [0.15, 0.2) is 0 Å². The number of aromatic nitrogens is 1. The minimum atomic E-state index is -0.330. The number of nitrogens with zero attached hydrogens (tertiary/aromatic N) is 1. The van der Waals surface area contributed by atoms with Gasteiger partial charge in [-0.2, -0.15) is 0 Å². The minimum absolute atomic E-state index is 0.283. The van der Waals surface area contributed by atoms with E-state index in [4.69, 9.17) is 17.3 Å². The van der Waals surface area contributed by atoms with Gasteiger partial charge in [0.1, 0.15) is 5.82 Å². The molecule has 1 unspecified atom stereocenters. The van der Waals surface area contributed by atoms with Gasteiger partial charge in [0.25, 0.3) is 0 Å². The number of halogens is 2. The van der Waals surface area contributed by atoms with Crippen molar-refractivity contribution in [1.82, 2.24) is 4.98 Å². The largest absolute Gasteiger partial charge is 0.322 e. The lowest BCUT2D eigenvalue weighted by Gasteiger charge is -2.15. The summed E-state index contributed by atoms with van der Waals surface area (Å²) >= 11 is 5.88. The van der Waals surface area contributed by atoms with Gasteiger partial charge in [0.2, 0.25) is 0 Å². The van der Waals surface area contributed by atoms with Crippen LogP contribution >= 0.6 is 11.6 Å². The maximum Gasteiger partial charge on any atom is 0.126 e. The van der Waals surface area contributed by atoms with E-state index in [2.05, 4.69) is 4.98 Å². The van der Waals surface area contributed by atoms with Crippen LogP contribution in [0.2, 0.25) is 5.02 Å². The Bertz CT molecular complexity index is 572. The van der Waals surface area contributed by atoms with Crippen molar-refractivity contribution in [2.24, 2.45) is 5.73 Å². The van der Waals surface area contributed by atoms with Crippen molar-refractivity contribution in [3.8, 4) is 0 Å². The van der Waals surface area contributed by atoms with E-state index < -0.39 is 0 Å². The van der Waals surface area contributed by atoms with Crippen LogP contribution in [-0.2, 0) is 12.8 Å². The molecule has 0 aliphatic heterocycles. The van der Waals surface area contributed by atoms with Gasteiger partial charge in [0, 0.05) is 11.2 Å². The van der Waals surface area contributed by atoms with Crippen molar-refractivity contribution in [3.05, 3.63) is 64.2 Å². The third-order valence-corrected chi connectivity index (χ3v) is 3.34. The third kappa shape index (κ3) is 3.31. The molecule has 19 heavy (non-hydrogen) atoms. The molecule has 1 atom stereocenters. The summed E-state index contributed by atoms with van der Waals surface area (Å²) in [5, 5.41) is 0.514. The van der Waals surface area contributed by atoms with E-state index in [1.54, 1.807) is 12.3 Å². The first-order valence-corrected chi connectivity index (χ1v) is 6.63. The highest BCUT2D eigenvalue weighted by Crippen LogP contribution is 2.22. The van der Waals surface area contributed by atoms with Crippen LogP contribution in [0.1, 0.15) is 29.8 Å². The monoisotopic (exact) mass is 278 g/mol.